The van der Waals surface area contributed by atoms with E-state index in [2.05, 4.69) is 26.1 Å². The van der Waals surface area contributed by atoms with Crippen LogP contribution in [-0.2, 0) is 9.53 Å². The molecular formula is C16H23NO3S. The van der Waals surface area contributed by atoms with E-state index in [4.69, 9.17) is 4.74 Å². The van der Waals surface area contributed by atoms with Gasteiger partial charge in [0, 0.05) is 16.1 Å². The largest absolute Gasteiger partial charge is 0.464 e. The molecule has 21 heavy (non-hydrogen) atoms. The van der Waals surface area contributed by atoms with E-state index in [-0.39, 0.29) is 10.7 Å². The first-order chi connectivity index (χ1) is 9.83. The molecule has 0 saturated heterocycles. The highest BCUT2D eigenvalue weighted by Crippen LogP contribution is 2.24. The van der Waals surface area contributed by atoms with Gasteiger partial charge in [0.05, 0.1) is 6.61 Å². The molecule has 1 N–H and O–H groups in total. The molecule has 0 aromatic heterocycles. The highest BCUT2D eigenvalue weighted by atomic mass is 32.2. The number of carbonyl (C=O) groups excluding carboxylic acids is 2. The van der Waals surface area contributed by atoms with Crippen LogP contribution in [0, 0.1) is 0 Å². The van der Waals surface area contributed by atoms with Crippen molar-refractivity contribution in [2.45, 2.75) is 38.5 Å². The zero-order valence-electron chi connectivity index (χ0n) is 13.0. The predicted molar refractivity (Wildman–Crippen MR) is 86.5 cm³/mol. The number of hydrogen-bond donors (Lipinski definition) is 1. The van der Waals surface area contributed by atoms with Gasteiger partial charge in [-0.25, -0.2) is 4.79 Å². The summed E-state index contributed by atoms with van der Waals surface area (Å²) >= 11 is 1.62. The Morgan fingerprint density at radius 2 is 1.86 bits per heavy atom. The molecule has 116 valence electrons. The van der Waals surface area contributed by atoms with E-state index >= 15 is 0 Å². The summed E-state index contributed by atoms with van der Waals surface area (Å²) in [7, 11) is 0. The summed E-state index contributed by atoms with van der Waals surface area (Å²) in [6.45, 7) is 8.26. The summed E-state index contributed by atoms with van der Waals surface area (Å²) in [6.07, 6.45) is 0. The van der Waals surface area contributed by atoms with Gasteiger partial charge in [-0.2, -0.15) is 11.8 Å². The minimum Gasteiger partial charge on any atom is -0.464 e. The monoisotopic (exact) mass is 309 g/mol. The number of thioether (sulfide) groups is 1. The second kappa shape index (κ2) is 8.08. The maximum Gasteiger partial charge on any atom is 0.329 e. The highest BCUT2D eigenvalue weighted by Gasteiger charge is 2.25. The van der Waals surface area contributed by atoms with Crippen LogP contribution in [0.4, 0.5) is 0 Å². The number of esters is 1. The van der Waals surface area contributed by atoms with Crippen LogP contribution in [0.15, 0.2) is 30.3 Å². The van der Waals surface area contributed by atoms with Crippen molar-refractivity contribution in [2.75, 3.05) is 12.4 Å². The smallest absolute Gasteiger partial charge is 0.329 e. The molecule has 0 heterocycles. The van der Waals surface area contributed by atoms with Crippen LogP contribution < -0.4 is 5.32 Å². The van der Waals surface area contributed by atoms with E-state index in [1.165, 1.54) is 0 Å². The number of amides is 1. The fourth-order valence-electron chi connectivity index (χ4n) is 1.58. The van der Waals surface area contributed by atoms with E-state index in [0.29, 0.717) is 17.9 Å². The van der Waals surface area contributed by atoms with Crippen LogP contribution in [0.1, 0.15) is 38.1 Å². The molecule has 1 rings (SSSR count). The molecule has 0 radical (unpaired) electrons. The van der Waals surface area contributed by atoms with E-state index in [1.807, 2.05) is 6.07 Å². The standard InChI is InChI=1S/C16H23NO3S/c1-5-20-15(19)13(11-21-16(2,3)4)17-14(18)12-9-7-6-8-10-12/h6-10,13H,5,11H2,1-4H3,(H,17,18)/t13-/m0/s1. The van der Waals surface area contributed by atoms with Crippen molar-refractivity contribution in [3.63, 3.8) is 0 Å². The highest BCUT2D eigenvalue weighted by molar-refractivity contribution is 8.00. The van der Waals surface area contributed by atoms with Crippen LogP contribution in [0.2, 0.25) is 0 Å². The molecule has 0 aliphatic carbocycles. The van der Waals surface area contributed by atoms with Crippen molar-refractivity contribution in [1.82, 2.24) is 5.32 Å². The minimum absolute atomic E-state index is 0.0161. The normalized spacial score (nSPS) is 12.6. The van der Waals surface area contributed by atoms with Gasteiger partial charge >= 0.3 is 5.97 Å². The molecule has 1 amide bonds. The maximum absolute atomic E-state index is 12.2. The van der Waals surface area contributed by atoms with Crippen LogP contribution in [-0.4, -0.2) is 35.0 Å². The third-order valence-corrected chi connectivity index (χ3v) is 3.96. The Morgan fingerprint density at radius 3 is 2.38 bits per heavy atom. The Bertz CT molecular complexity index is 468. The second-order valence-corrected chi connectivity index (χ2v) is 7.41. The van der Waals surface area contributed by atoms with Gasteiger partial charge in [0.2, 0.25) is 0 Å². The second-order valence-electron chi connectivity index (χ2n) is 5.57. The lowest BCUT2D eigenvalue weighted by molar-refractivity contribution is -0.144. The molecule has 0 aliphatic rings. The van der Waals surface area contributed by atoms with Gasteiger partial charge in [-0.15, -0.1) is 0 Å². The van der Waals surface area contributed by atoms with Crippen molar-refractivity contribution in [1.29, 1.82) is 0 Å². The molecule has 0 aliphatic heterocycles. The molecule has 1 aromatic carbocycles. The lowest BCUT2D eigenvalue weighted by Crippen LogP contribution is -2.44. The fraction of sp³-hybridized carbons (Fsp3) is 0.500. The predicted octanol–water partition coefficient (Wildman–Crippen LogP) is 2.88. The third-order valence-electron chi connectivity index (χ3n) is 2.60. The molecule has 5 heteroatoms. The van der Waals surface area contributed by atoms with Gasteiger partial charge in [-0.1, -0.05) is 39.0 Å². The van der Waals surface area contributed by atoms with Crippen molar-refractivity contribution in [3.05, 3.63) is 35.9 Å². The number of nitrogens with one attached hydrogen (secondary N) is 1. The van der Waals surface area contributed by atoms with E-state index in [1.54, 1.807) is 43.0 Å². The maximum atomic E-state index is 12.2. The summed E-state index contributed by atoms with van der Waals surface area (Å²) in [4.78, 5) is 24.1. The molecule has 0 bridgehead atoms. The van der Waals surface area contributed by atoms with Crippen LogP contribution >= 0.6 is 11.8 Å². The van der Waals surface area contributed by atoms with Crippen LogP contribution in [0.3, 0.4) is 0 Å². The Hall–Kier alpha value is -1.49. The minimum atomic E-state index is -0.637. The Labute approximate surface area is 130 Å². The summed E-state index contributed by atoms with van der Waals surface area (Å²) in [5.74, 6) is -0.164. The van der Waals surface area contributed by atoms with Crippen LogP contribution in [0.5, 0.6) is 0 Å². The van der Waals surface area contributed by atoms with E-state index < -0.39 is 12.0 Å². The zero-order valence-corrected chi connectivity index (χ0v) is 13.8. The molecule has 1 atom stereocenters. The van der Waals surface area contributed by atoms with Crippen molar-refractivity contribution < 1.29 is 14.3 Å². The summed E-state index contributed by atoms with van der Waals surface area (Å²) < 4.78 is 5.06. The topological polar surface area (TPSA) is 55.4 Å². The zero-order chi connectivity index (χ0) is 15.9. The fourth-order valence-corrected chi connectivity index (χ4v) is 2.46. The molecule has 0 fully saturated rings. The van der Waals surface area contributed by atoms with Crippen molar-refractivity contribution in [2.24, 2.45) is 0 Å². The molecular weight excluding hydrogens is 286 g/mol. The van der Waals surface area contributed by atoms with Gasteiger partial charge in [0.1, 0.15) is 6.04 Å². The van der Waals surface area contributed by atoms with Gasteiger partial charge in [0.25, 0.3) is 5.91 Å². The van der Waals surface area contributed by atoms with Crippen LogP contribution in [0.25, 0.3) is 0 Å². The van der Waals surface area contributed by atoms with E-state index in [9.17, 15) is 9.59 Å². The van der Waals surface area contributed by atoms with Gasteiger partial charge < -0.3 is 10.1 Å². The molecule has 0 unspecified atom stereocenters. The van der Waals surface area contributed by atoms with Gasteiger partial charge in [-0.3, -0.25) is 4.79 Å². The van der Waals surface area contributed by atoms with Crippen molar-refractivity contribution >= 4 is 23.6 Å². The Morgan fingerprint density at radius 1 is 1.24 bits per heavy atom. The Balaban J connectivity index is 2.72. The van der Waals surface area contributed by atoms with Gasteiger partial charge in [0.15, 0.2) is 0 Å². The number of ether oxygens (including phenoxy) is 1. The van der Waals surface area contributed by atoms with Crippen molar-refractivity contribution in [3.8, 4) is 0 Å². The molecule has 0 saturated carbocycles. The lowest BCUT2D eigenvalue weighted by atomic mass is 10.2. The SMILES string of the molecule is CCOC(=O)[C@H](CSC(C)(C)C)NC(=O)c1ccccc1. The number of benzene rings is 1. The quantitative estimate of drug-likeness (QED) is 0.821. The average molecular weight is 309 g/mol. The summed E-state index contributed by atoms with van der Waals surface area (Å²) in [6, 6.07) is 8.22. The van der Waals surface area contributed by atoms with Gasteiger partial charge in [-0.05, 0) is 19.1 Å². The number of carbonyl (C=O) groups is 2. The summed E-state index contributed by atoms with van der Waals surface area (Å²) in [5, 5.41) is 2.76. The number of rotatable bonds is 6. The number of hydrogen-bond acceptors (Lipinski definition) is 4. The van der Waals surface area contributed by atoms with E-state index in [0.717, 1.165) is 0 Å². The first kappa shape index (κ1) is 17.6. The lowest BCUT2D eigenvalue weighted by Gasteiger charge is -2.22. The summed E-state index contributed by atoms with van der Waals surface area (Å²) in [5.41, 5.74) is 0.535. The first-order valence-electron chi connectivity index (χ1n) is 7.00. The third kappa shape index (κ3) is 6.67. The molecule has 0 spiro atoms. The Kier molecular flexibility index (Phi) is 6.75. The molecule has 1 aromatic rings. The average Bonchev–Trinajstić information content (AvgIpc) is 2.43. The molecule has 4 nitrogen and oxygen atoms in total. The first-order valence-corrected chi connectivity index (χ1v) is 7.98.